The van der Waals surface area contributed by atoms with Gasteiger partial charge in [-0.1, -0.05) is 12.5 Å². The van der Waals surface area contributed by atoms with Crippen LogP contribution in [0.2, 0.25) is 0 Å². The zero-order valence-corrected chi connectivity index (χ0v) is 14.9. The summed E-state index contributed by atoms with van der Waals surface area (Å²) in [5.74, 6) is -0.0227. The molecule has 1 fully saturated rings. The first kappa shape index (κ1) is 17.8. The van der Waals surface area contributed by atoms with E-state index in [1.807, 2.05) is 26.0 Å². The fourth-order valence-electron chi connectivity index (χ4n) is 3.63. The Morgan fingerprint density at radius 2 is 2.20 bits per heavy atom. The van der Waals surface area contributed by atoms with E-state index in [-0.39, 0.29) is 29.7 Å². The van der Waals surface area contributed by atoms with Gasteiger partial charge in [-0.05, 0) is 56.9 Å². The van der Waals surface area contributed by atoms with Gasteiger partial charge in [-0.3, -0.25) is 9.78 Å². The molecule has 1 aliphatic carbocycles. The number of hydrogen-bond acceptors (Lipinski definition) is 3. The summed E-state index contributed by atoms with van der Waals surface area (Å²) in [5, 5.41) is 7.34. The molecular weight excluding hydrogens is 317 g/mol. The van der Waals surface area contributed by atoms with Crippen LogP contribution in [0.3, 0.4) is 0 Å². The van der Waals surface area contributed by atoms with Crippen LogP contribution in [0.4, 0.5) is 4.39 Å². The molecule has 2 aromatic rings. The fraction of sp³-hybridized carbons (Fsp3) is 0.500. The van der Waals surface area contributed by atoms with Crippen molar-refractivity contribution in [3.05, 3.63) is 41.8 Å². The highest BCUT2D eigenvalue weighted by atomic mass is 19.1. The topological polar surface area (TPSA) is 54.0 Å². The Morgan fingerprint density at radius 1 is 1.36 bits per heavy atom. The molecule has 25 heavy (non-hydrogen) atoms. The summed E-state index contributed by atoms with van der Waals surface area (Å²) in [4.78, 5) is 16.6. The molecule has 3 rings (SSSR count). The first-order valence-corrected chi connectivity index (χ1v) is 9.10. The SMILES string of the molecule is CC(C)NC(=O)[C@H]1CCC[C@@H](NCc2cc(F)cc3cccnc23)C1. The van der Waals surface area contributed by atoms with Crippen LogP contribution in [0.5, 0.6) is 0 Å². The third-order valence-corrected chi connectivity index (χ3v) is 4.81. The standard InChI is InChI=1S/C20H26FN3O/c1-13(2)24-20(25)15-5-3-7-18(11-15)23-12-16-10-17(21)9-14-6-4-8-22-19(14)16/h4,6,8-10,13,15,18,23H,3,5,7,11-12H2,1-2H3,(H,24,25)/t15-,18+/m0/s1. The summed E-state index contributed by atoms with van der Waals surface area (Å²) in [7, 11) is 0. The Morgan fingerprint density at radius 3 is 3.00 bits per heavy atom. The number of benzene rings is 1. The van der Waals surface area contributed by atoms with Gasteiger partial charge in [-0.25, -0.2) is 4.39 Å². The van der Waals surface area contributed by atoms with Gasteiger partial charge in [0.1, 0.15) is 5.82 Å². The van der Waals surface area contributed by atoms with Gasteiger partial charge in [0.05, 0.1) is 5.52 Å². The highest BCUT2D eigenvalue weighted by Crippen LogP contribution is 2.25. The molecule has 0 spiro atoms. The predicted molar refractivity (Wildman–Crippen MR) is 97.6 cm³/mol. The molecule has 0 radical (unpaired) electrons. The normalized spacial score (nSPS) is 20.8. The molecule has 1 saturated carbocycles. The number of pyridine rings is 1. The van der Waals surface area contributed by atoms with Crippen LogP contribution >= 0.6 is 0 Å². The molecule has 0 unspecified atom stereocenters. The molecule has 1 amide bonds. The van der Waals surface area contributed by atoms with Crippen molar-refractivity contribution in [1.29, 1.82) is 0 Å². The first-order chi connectivity index (χ1) is 12.0. The molecule has 1 aromatic carbocycles. The Balaban J connectivity index is 1.65. The average Bonchev–Trinajstić information content (AvgIpc) is 2.59. The van der Waals surface area contributed by atoms with Crippen molar-refractivity contribution in [3.63, 3.8) is 0 Å². The Bertz CT molecular complexity index is 747. The van der Waals surface area contributed by atoms with E-state index in [2.05, 4.69) is 15.6 Å². The lowest BCUT2D eigenvalue weighted by Gasteiger charge is -2.29. The minimum atomic E-state index is -0.241. The van der Waals surface area contributed by atoms with Crippen molar-refractivity contribution in [3.8, 4) is 0 Å². The highest BCUT2D eigenvalue weighted by molar-refractivity contribution is 5.81. The first-order valence-electron chi connectivity index (χ1n) is 9.10. The van der Waals surface area contributed by atoms with Gasteiger partial charge in [0, 0.05) is 36.1 Å². The monoisotopic (exact) mass is 343 g/mol. The van der Waals surface area contributed by atoms with Crippen molar-refractivity contribution >= 4 is 16.8 Å². The number of nitrogens with zero attached hydrogens (tertiary/aromatic N) is 1. The lowest BCUT2D eigenvalue weighted by molar-refractivity contribution is -0.126. The molecule has 4 nitrogen and oxygen atoms in total. The maximum Gasteiger partial charge on any atom is 0.223 e. The molecule has 2 N–H and O–H groups in total. The van der Waals surface area contributed by atoms with Crippen molar-refractivity contribution in [2.75, 3.05) is 0 Å². The van der Waals surface area contributed by atoms with Gasteiger partial charge in [0.25, 0.3) is 0 Å². The van der Waals surface area contributed by atoms with Crippen LogP contribution in [-0.4, -0.2) is 23.0 Å². The quantitative estimate of drug-likeness (QED) is 0.873. The van der Waals surface area contributed by atoms with Crippen LogP contribution in [0.1, 0.15) is 45.1 Å². The van der Waals surface area contributed by atoms with Crippen molar-refractivity contribution in [1.82, 2.24) is 15.6 Å². The van der Waals surface area contributed by atoms with E-state index in [1.54, 1.807) is 12.3 Å². The molecule has 5 heteroatoms. The van der Waals surface area contributed by atoms with Crippen LogP contribution in [-0.2, 0) is 11.3 Å². The van der Waals surface area contributed by atoms with Gasteiger partial charge < -0.3 is 10.6 Å². The summed E-state index contributed by atoms with van der Waals surface area (Å²) in [5.41, 5.74) is 1.70. The van der Waals surface area contributed by atoms with E-state index >= 15 is 0 Å². The minimum Gasteiger partial charge on any atom is -0.354 e. The van der Waals surface area contributed by atoms with Crippen molar-refractivity contribution in [2.45, 2.75) is 58.2 Å². The predicted octanol–water partition coefficient (Wildman–Crippen LogP) is 3.55. The van der Waals surface area contributed by atoms with E-state index in [0.717, 1.165) is 42.1 Å². The Hall–Kier alpha value is -2.01. The third kappa shape index (κ3) is 4.54. The van der Waals surface area contributed by atoms with E-state index in [4.69, 9.17) is 0 Å². The summed E-state index contributed by atoms with van der Waals surface area (Å²) in [6, 6.07) is 7.21. The highest BCUT2D eigenvalue weighted by Gasteiger charge is 2.27. The Kier molecular flexibility index (Phi) is 5.63. The second-order valence-corrected chi connectivity index (χ2v) is 7.24. The summed E-state index contributed by atoms with van der Waals surface area (Å²) < 4.78 is 13.8. The van der Waals surface area contributed by atoms with Gasteiger partial charge in [-0.2, -0.15) is 0 Å². The van der Waals surface area contributed by atoms with Crippen LogP contribution in [0.25, 0.3) is 10.9 Å². The zero-order chi connectivity index (χ0) is 17.8. The number of amides is 1. The summed E-state index contributed by atoms with van der Waals surface area (Å²) >= 11 is 0. The molecule has 134 valence electrons. The zero-order valence-electron chi connectivity index (χ0n) is 14.9. The molecule has 0 aliphatic heterocycles. The second kappa shape index (κ2) is 7.91. The Labute approximate surface area is 148 Å². The van der Waals surface area contributed by atoms with E-state index in [9.17, 15) is 9.18 Å². The molecule has 2 atom stereocenters. The van der Waals surface area contributed by atoms with E-state index < -0.39 is 0 Å². The summed E-state index contributed by atoms with van der Waals surface area (Å²) in [6.45, 7) is 4.53. The van der Waals surface area contributed by atoms with Crippen LogP contribution in [0, 0.1) is 11.7 Å². The van der Waals surface area contributed by atoms with Gasteiger partial charge in [-0.15, -0.1) is 0 Å². The minimum absolute atomic E-state index is 0.0658. The number of rotatable bonds is 5. The lowest BCUT2D eigenvalue weighted by atomic mass is 9.85. The van der Waals surface area contributed by atoms with E-state index in [0.29, 0.717) is 6.54 Å². The van der Waals surface area contributed by atoms with Crippen LogP contribution in [0.15, 0.2) is 30.5 Å². The number of fused-ring (bicyclic) bond motifs is 1. The largest absolute Gasteiger partial charge is 0.354 e. The number of aromatic nitrogens is 1. The fourth-order valence-corrected chi connectivity index (χ4v) is 3.63. The van der Waals surface area contributed by atoms with Gasteiger partial charge >= 0.3 is 0 Å². The van der Waals surface area contributed by atoms with Crippen molar-refractivity contribution < 1.29 is 9.18 Å². The summed E-state index contributed by atoms with van der Waals surface area (Å²) in [6.07, 6.45) is 5.60. The number of halogens is 1. The maximum absolute atomic E-state index is 13.8. The molecule has 0 bridgehead atoms. The lowest BCUT2D eigenvalue weighted by Crippen LogP contribution is -2.42. The van der Waals surface area contributed by atoms with Crippen LogP contribution < -0.4 is 10.6 Å². The molecular formula is C20H26FN3O. The average molecular weight is 343 g/mol. The molecule has 1 heterocycles. The number of hydrogen-bond donors (Lipinski definition) is 2. The van der Waals surface area contributed by atoms with E-state index in [1.165, 1.54) is 6.07 Å². The molecule has 1 aliphatic rings. The second-order valence-electron chi connectivity index (χ2n) is 7.24. The van der Waals surface area contributed by atoms with Gasteiger partial charge in [0.2, 0.25) is 5.91 Å². The maximum atomic E-state index is 13.8. The third-order valence-electron chi connectivity index (χ3n) is 4.81. The molecule has 0 saturated heterocycles. The number of carbonyl (C=O) groups is 1. The number of carbonyl (C=O) groups excluding carboxylic acids is 1. The smallest absolute Gasteiger partial charge is 0.223 e. The van der Waals surface area contributed by atoms with Crippen molar-refractivity contribution in [2.24, 2.45) is 5.92 Å². The molecule has 1 aromatic heterocycles. The number of nitrogens with one attached hydrogen (secondary N) is 2. The van der Waals surface area contributed by atoms with Gasteiger partial charge in [0.15, 0.2) is 0 Å².